The van der Waals surface area contributed by atoms with Crippen molar-refractivity contribution in [1.29, 1.82) is 0 Å². The lowest BCUT2D eigenvalue weighted by atomic mass is 9.90. The molecular formula is C26H36IN5O. The number of rotatable bonds is 7. The van der Waals surface area contributed by atoms with Crippen LogP contribution in [0.1, 0.15) is 54.8 Å². The minimum Gasteiger partial charge on any atom is -0.357 e. The average molecular weight is 562 g/mol. The van der Waals surface area contributed by atoms with E-state index in [0.29, 0.717) is 19.5 Å². The highest BCUT2D eigenvalue weighted by Gasteiger charge is 2.26. The summed E-state index contributed by atoms with van der Waals surface area (Å²) in [7, 11) is 0. The molecule has 7 heteroatoms. The summed E-state index contributed by atoms with van der Waals surface area (Å²) in [4.78, 5) is 19.7. The number of carbonyl (C=O) groups is 1. The number of nitrogens with zero attached hydrogens (tertiary/aromatic N) is 2. The van der Waals surface area contributed by atoms with Crippen LogP contribution < -0.4 is 16.0 Å². The number of likely N-dealkylation sites (tertiary alicyclic amines) is 1. The summed E-state index contributed by atoms with van der Waals surface area (Å²) in [5, 5.41) is 9.86. The average Bonchev–Trinajstić information content (AvgIpc) is 3.33. The lowest BCUT2D eigenvalue weighted by Gasteiger charge is -2.28. The number of amides is 1. The summed E-state index contributed by atoms with van der Waals surface area (Å²) in [5.74, 6) is 1.02. The fourth-order valence-electron chi connectivity index (χ4n) is 4.70. The van der Waals surface area contributed by atoms with Crippen molar-refractivity contribution < 1.29 is 4.79 Å². The van der Waals surface area contributed by atoms with E-state index >= 15 is 0 Å². The SMILES string of the molecule is CCNC(=NCC(c1ccc(C)cc1)N1CCCC1)NCC1CC(=O)Nc2ccccc21.I. The first kappa shape index (κ1) is 25.5. The van der Waals surface area contributed by atoms with E-state index in [1.165, 1.54) is 29.5 Å². The number of hydrogen-bond donors (Lipinski definition) is 3. The van der Waals surface area contributed by atoms with E-state index in [1.807, 2.05) is 18.2 Å². The van der Waals surface area contributed by atoms with Gasteiger partial charge in [-0.15, -0.1) is 24.0 Å². The molecule has 0 radical (unpaired) electrons. The van der Waals surface area contributed by atoms with E-state index < -0.39 is 0 Å². The number of aliphatic imine (C=N–C) groups is 1. The maximum Gasteiger partial charge on any atom is 0.225 e. The van der Waals surface area contributed by atoms with Gasteiger partial charge in [0.15, 0.2) is 5.96 Å². The second-order valence-electron chi connectivity index (χ2n) is 8.81. The van der Waals surface area contributed by atoms with Crippen LogP contribution in [0.15, 0.2) is 53.5 Å². The highest BCUT2D eigenvalue weighted by molar-refractivity contribution is 14.0. The van der Waals surface area contributed by atoms with Crippen LogP contribution in [0.4, 0.5) is 5.69 Å². The number of fused-ring (bicyclic) bond motifs is 1. The van der Waals surface area contributed by atoms with Crippen molar-refractivity contribution >= 4 is 41.5 Å². The van der Waals surface area contributed by atoms with Crippen molar-refractivity contribution in [2.24, 2.45) is 4.99 Å². The van der Waals surface area contributed by atoms with Gasteiger partial charge in [-0.3, -0.25) is 14.7 Å². The fraction of sp³-hybridized carbons (Fsp3) is 0.462. The molecule has 1 saturated heterocycles. The topological polar surface area (TPSA) is 68.8 Å². The van der Waals surface area contributed by atoms with Crippen LogP contribution in [0.5, 0.6) is 0 Å². The van der Waals surface area contributed by atoms with E-state index in [-0.39, 0.29) is 41.8 Å². The summed E-state index contributed by atoms with van der Waals surface area (Å²) in [6, 6.07) is 17.2. The minimum absolute atomic E-state index is 0. The molecule has 4 rings (SSSR count). The molecule has 0 aromatic heterocycles. The molecular weight excluding hydrogens is 525 g/mol. The van der Waals surface area contributed by atoms with E-state index in [4.69, 9.17) is 4.99 Å². The molecule has 6 nitrogen and oxygen atoms in total. The molecule has 2 aromatic rings. The molecule has 178 valence electrons. The minimum atomic E-state index is 0. The van der Waals surface area contributed by atoms with Crippen molar-refractivity contribution in [3.8, 4) is 0 Å². The van der Waals surface area contributed by atoms with E-state index in [1.54, 1.807) is 0 Å². The first-order valence-electron chi connectivity index (χ1n) is 11.9. The number of para-hydroxylation sites is 1. The van der Waals surface area contributed by atoms with Gasteiger partial charge >= 0.3 is 0 Å². The molecule has 2 aliphatic heterocycles. The normalized spacial score (nSPS) is 19.3. The van der Waals surface area contributed by atoms with Gasteiger partial charge in [-0.2, -0.15) is 0 Å². The van der Waals surface area contributed by atoms with Gasteiger partial charge in [0, 0.05) is 31.1 Å². The van der Waals surface area contributed by atoms with Crippen molar-refractivity contribution in [2.75, 3.05) is 38.0 Å². The summed E-state index contributed by atoms with van der Waals surface area (Å²) < 4.78 is 0. The van der Waals surface area contributed by atoms with Crippen LogP contribution >= 0.6 is 24.0 Å². The number of benzene rings is 2. The van der Waals surface area contributed by atoms with Crippen LogP contribution in [0.2, 0.25) is 0 Å². The Morgan fingerprint density at radius 3 is 2.58 bits per heavy atom. The van der Waals surface area contributed by atoms with Crippen LogP contribution in [0.25, 0.3) is 0 Å². The van der Waals surface area contributed by atoms with Gasteiger partial charge in [0.1, 0.15) is 0 Å². The Morgan fingerprint density at radius 2 is 1.85 bits per heavy atom. The van der Waals surface area contributed by atoms with Gasteiger partial charge in [0.2, 0.25) is 5.91 Å². The number of hydrogen-bond acceptors (Lipinski definition) is 3. The summed E-state index contributed by atoms with van der Waals surface area (Å²) >= 11 is 0. The Bertz CT molecular complexity index is 940. The van der Waals surface area contributed by atoms with Crippen molar-refractivity contribution in [2.45, 2.75) is 45.1 Å². The number of halogens is 1. The molecule has 0 aliphatic carbocycles. The monoisotopic (exact) mass is 561 g/mol. The third-order valence-electron chi connectivity index (χ3n) is 6.43. The van der Waals surface area contributed by atoms with Crippen LogP contribution in [-0.4, -0.2) is 49.5 Å². The molecule has 2 unspecified atom stereocenters. The van der Waals surface area contributed by atoms with Gasteiger partial charge in [-0.1, -0.05) is 48.0 Å². The molecule has 2 aromatic carbocycles. The predicted molar refractivity (Wildman–Crippen MR) is 147 cm³/mol. The highest BCUT2D eigenvalue weighted by atomic mass is 127. The summed E-state index contributed by atoms with van der Waals surface area (Å²) in [5.41, 5.74) is 4.72. The maximum absolute atomic E-state index is 12.2. The predicted octanol–water partition coefficient (Wildman–Crippen LogP) is 4.43. The number of anilines is 1. The lowest BCUT2D eigenvalue weighted by molar-refractivity contribution is -0.116. The second-order valence-corrected chi connectivity index (χ2v) is 8.81. The zero-order chi connectivity index (χ0) is 22.3. The molecule has 0 bridgehead atoms. The quantitative estimate of drug-likeness (QED) is 0.266. The molecule has 2 atom stereocenters. The number of nitrogens with one attached hydrogen (secondary N) is 3. The van der Waals surface area contributed by atoms with Crippen molar-refractivity contribution in [3.05, 3.63) is 65.2 Å². The second kappa shape index (κ2) is 12.4. The van der Waals surface area contributed by atoms with Crippen LogP contribution in [-0.2, 0) is 4.79 Å². The third kappa shape index (κ3) is 6.69. The zero-order valence-electron chi connectivity index (χ0n) is 19.6. The van der Waals surface area contributed by atoms with Crippen LogP contribution in [0.3, 0.4) is 0 Å². The van der Waals surface area contributed by atoms with Gasteiger partial charge in [0.05, 0.1) is 12.6 Å². The van der Waals surface area contributed by atoms with E-state index in [9.17, 15) is 4.79 Å². The Labute approximate surface area is 214 Å². The summed E-state index contributed by atoms with van der Waals surface area (Å²) in [6.07, 6.45) is 3.00. The molecule has 3 N–H and O–H groups in total. The Hall–Kier alpha value is -2.13. The standard InChI is InChI=1S/C26H35N5O.HI/c1-3-27-26(28-17-21-16-25(32)30-23-9-5-4-8-22(21)23)29-18-24(31-14-6-7-15-31)20-12-10-19(2)11-13-20;/h4-5,8-13,21,24H,3,6-7,14-18H2,1-2H3,(H,30,32)(H2,27,28,29);1H. The molecule has 1 amide bonds. The highest BCUT2D eigenvalue weighted by Crippen LogP contribution is 2.31. The van der Waals surface area contributed by atoms with E-state index in [2.05, 4.69) is 65.0 Å². The van der Waals surface area contributed by atoms with Crippen molar-refractivity contribution in [3.63, 3.8) is 0 Å². The number of aryl methyl sites for hydroxylation is 1. The van der Waals surface area contributed by atoms with Gasteiger partial charge in [-0.05, 0) is 57.0 Å². The first-order chi connectivity index (χ1) is 15.6. The molecule has 0 saturated carbocycles. The smallest absolute Gasteiger partial charge is 0.225 e. The number of guanidine groups is 1. The fourth-order valence-corrected chi connectivity index (χ4v) is 4.70. The maximum atomic E-state index is 12.2. The molecule has 33 heavy (non-hydrogen) atoms. The largest absolute Gasteiger partial charge is 0.357 e. The third-order valence-corrected chi connectivity index (χ3v) is 6.43. The molecule has 0 spiro atoms. The summed E-state index contributed by atoms with van der Waals surface area (Å²) in [6.45, 7) is 8.65. The van der Waals surface area contributed by atoms with Crippen LogP contribution in [0, 0.1) is 6.92 Å². The Kier molecular flexibility index (Phi) is 9.55. The van der Waals surface area contributed by atoms with E-state index in [0.717, 1.165) is 31.3 Å². The first-order valence-corrected chi connectivity index (χ1v) is 11.9. The Morgan fingerprint density at radius 1 is 1.12 bits per heavy atom. The zero-order valence-corrected chi connectivity index (χ0v) is 22.0. The molecule has 1 fully saturated rings. The van der Waals surface area contributed by atoms with Crippen molar-refractivity contribution in [1.82, 2.24) is 15.5 Å². The molecule has 2 aliphatic rings. The van der Waals surface area contributed by atoms with Gasteiger partial charge < -0.3 is 16.0 Å². The lowest BCUT2D eigenvalue weighted by Crippen LogP contribution is -2.41. The Balaban J connectivity index is 0.00000306. The van der Waals surface area contributed by atoms with Gasteiger partial charge in [-0.25, -0.2) is 0 Å². The number of carbonyl (C=O) groups excluding carboxylic acids is 1. The molecule has 2 heterocycles. The van der Waals surface area contributed by atoms with Gasteiger partial charge in [0.25, 0.3) is 0 Å².